The molecule has 0 unspecified atom stereocenters. The topological polar surface area (TPSA) is 111 Å². The van der Waals surface area contributed by atoms with Crippen molar-refractivity contribution in [3.63, 3.8) is 0 Å². The van der Waals surface area contributed by atoms with E-state index in [1.54, 1.807) is 37.1 Å². The third-order valence-corrected chi connectivity index (χ3v) is 7.80. The standard InChI is InChI=1S/C26H25F3N6O3S/c1-4-22(33-30-2)26(36)31-7-8-39(37,38)24-15-35(23-11-19(27)10-21(29)25(23)24)14-17-6-5-16(9-20(17)28)18-12-32-34(3)13-18/h5-6,9-13,15H,2,4,7-8,14H2,1,3H3,(H,31,36)/b33-22-. The highest BCUT2D eigenvalue weighted by molar-refractivity contribution is 7.91. The van der Waals surface area contributed by atoms with E-state index >= 15 is 4.39 Å². The minimum Gasteiger partial charge on any atom is -0.350 e. The summed E-state index contributed by atoms with van der Waals surface area (Å²) >= 11 is 0. The fourth-order valence-corrected chi connectivity index (χ4v) is 5.55. The number of carbonyl (C=O) groups is 1. The summed E-state index contributed by atoms with van der Waals surface area (Å²) in [5.41, 5.74) is 1.49. The van der Waals surface area contributed by atoms with Crippen LogP contribution in [-0.2, 0) is 28.2 Å². The Hall–Kier alpha value is -4.26. The van der Waals surface area contributed by atoms with E-state index in [0.717, 1.165) is 12.3 Å². The molecule has 2 aromatic carbocycles. The number of rotatable bonds is 10. The minimum absolute atomic E-state index is 0.0525. The molecule has 0 aliphatic heterocycles. The molecule has 4 rings (SSSR count). The maximum absolute atomic E-state index is 15.1. The van der Waals surface area contributed by atoms with Gasteiger partial charge in [-0.25, -0.2) is 21.6 Å². The van der Waals surface area contributed by atoms with E-state index in [1.807, 2.05) is 0 Å². The number of benzene rings is 2. The number of aromatic nitrogens is 3. The van der Waals surface area contributed by atoms with Gasteiger partial charge in [0.05, 0.1) is 34.3 Å². The molecule has 0 fully saturated rings. The monoisotopic (exact) mass is 558 g/mol. The van der Waals surface area contributed by atoms with E-state index in [9.17, 15) is 22.0 Å². The summed E-state index contributed by atoms with van der Waals surface area (Å²) < 4.78 is 73.4. The first-order chi connectivity index (χ1) is 18.5. The Balaban J connectivity index is 1.65. The minimum atomic E-state index is -4.16. The second-order valence-electron chi connectivity index (χ2n) is 8.73. The van der Waals surface area contributed by atoms with Crippen molar-refractivity contribution in [1.29, 1.82) is 0 Å². The Morgan fingerprint density at radius 1 is 1.10 bits per heavy atom. The van der Waals surface area contributed by atoms with Crippen LogP contribution in [0.5, 0.6) is 0 Å². The van der Waals surface area contributed by atoms with Gasteiger partial charge >= 0.3 is 0 Å². The number of nitrogens with one attached hydrogen (secondary N) is 1. The molecule has 0 aliphatic rings. The van der Waals surface area contributed by atoms with Gasteiger partial charge in [0.2, 0.25) is 0 Å². The van der Waals surface area contributed by atoms with Gasteiger partial charge in [-0.2, -0.15) is 15.3 Å². The van der Waals surface area contributed by atoms with Crippen LogP contribution in [0.3, 0.4) is 0 Å². The van der Waals surface area contributed by atoms with E-state index in [2.05, 4.69) is 27.3 Å². The van der Waals surface area contributed by atoms with Crippen molar-refractivity contribution in [2.75, 3.05) is 12.3 Å². The Morgan fingerprint density at radius 3 is 2.51 bits per heavy atom. The molecule has 1 amide bonds. The quantitative estimate of drug-likeness (QED) is 0.235. The van der Waals surface area contributed by atoms with Crippen LogP contribution in [0.15, 0.2) is 64.0 Å². The van der Waals surface area contributed by atoms with Crippen LogP contribution in [0.1, 0.15) is 18.9 Å². The molecule has 4 aromatic rings. The van der Waals surface area contributed by atoms with Gasteiger partial charge in [0.1, 0.15) is 23.2 Å². The maximum Gasteiger partial charge on any atom is 0.267 e. The molecule has 0 aliphatic carbocycles. The van der Waals surface area contributed by atoms with Crippen LogP contribution in [0, 0.1) is 17.5 Å². The molecule has 39 heavy (non-hydrogen) atoms. The van der Waals surface area contributed by atoms with Gasteiger partial charge in [-0.05, 0) is 24.1 Å². The highest BCUT2D eigenvalue weighted by Crippen LogP contribution is 2.31. The fourth-order valence-electron chi connectivity index (χ4n) is 4.15. The SMILES string of the molecule is C=N/N=C(/CC)C(=O)NCCS(=O)(=O)c1cn(Cc2ccc(-c3cnn(C)c3)cc2F)c2cc(F)cc(F)c12. The lowest BCUT2D eigenvalue weighted by Gasteiger charge is -2.08. The molecule has 2 aromatic heterocycles. The lowest BCUT2D eigenvalue weighted by atomic mass is 10.1. The average molecular weight is 559 g/mol. The van der Waals surface area contributed by atoms with Crippen LogP contribution in [0.2, 0.25) is 0 Å². The van der Waals surface area contributed by atoms with Crippen molar-refractivity contribution in [2.24, 2.45) is 17.3 Å². The smallest absolute Gasteiger partial charge is 0.267 e. The summed E-state index contributed by atoms with van der Waals surface area (Å²) in [5.74, 6) is -3.74. The number of fused-ring (bicyclic) bond motifs is 1. The molecule has 1 N–H and O–H groups in total. The molecule has 0 atom stereocenters. The van der Waals surface area contributed by atoms with E-state index in [-0.39, 0.29) is 41.7 Å². The van der Waals surface area contributed by atoms with Crippen LogP contribution in [0.4, 0.5) is 13.2 Å². The lowest BCUT2D eigenvalue weighted by molar-refractivity contribution is -0.114. The normalized spacial score (nSPS) is 12.2. The largest absolute Gasteiger partial charge is 0.350 e. The van der Waals surface area contributed by atoms with Crippen molar-refractivity contribution in [3.05, 3.63) is 71.9 Å². The lowest BCUT2D eigenvalue weighted by Crippen LogP contribution is -2.34. The van der Waals surface area contributed by atoms with Crippen LogP contribution in [-0.4, -0.2) is 53.4 Å². The third kappa shape index (κ3) is 5.93. The zero-order chi connectivity index (χ0) is 28.3. The molecule has 0 saturated carbocycles. The Kier molecular flexibility index (Phi) is 8.00. The molecular weight excluding hydrogens is 533 g/mol. The predicted octanol–water partition coefficient (Wildman–Crippen LogP) is 3.86. The van der Waals surface area contributed by atoms with Gasteiger partial charge in [-0.1, -0.05) is 19.1 Å². The number of hydrogen-bond acceptors (Lipinski definition) is 6. The molecule has 13 heteroatoms. The summed E-state index contributed by atoms with van der Waals surface area (Å²) in [4.78, 5) is 11.8. The van der Waals surface area contributed by atoms with E-state index < -0.39 is 43.8 Å². The van der Waals surface area contributed by atoms with Crippen molar-refractivity contribution in [3.8, 4) is 11.1 Å². The Morgan fingerprint density at radius 2 is 1.87 bits per heavy atom. The van der Waals surface area contributed by atoms with E-state index in [0.29, 0.717) is 17.2 Å². The van der Waals surface area contributed by atoms with Crippen LogP contribution < -0.4 is 5.32 Å². The number of hydrogen-bond donors (Lipinski definition) is 1. The summed E-state index contributed by atoms with van der Waals surface area (Å²) in [6.07, 6.45) is 4.72. The van der Waals surface area contributed by atoms with Crippen molar-refractivity contribution >= 4 is 39.1 Å². The molecule has 0 spiro atoms. The summed E-state index contributed by atoms with van der Waals surface area (Å²) in [5, 5.41) is 13.1. The van der Waals surface area contributed by atoms with E-state index in [1.165, 1.54) is 16.7 Å². The van der Waals surface area contributed by atoms with Gasteiger partial charge in [-0.3, -0.25) is 9.48 Å². The molecule has 2 heterocycles. The first-order valence-electron chi connectivity index (χ1n) is 11.8. The van der Waals surface area contributed by atoms with E-state index in [4.69, 9.17) is 0 Å². The van der Waals surface area contributed by atoms with Crippen molar-refractivity contribution in [2.45, 2.75) is 24.8 Å². The number of halogens is 3. The zero-order valence-electron chi connectivity index (χ0n) is 21.2. The first-order valence-corrected chi connectivity index (χ1v) is 13.5. The Bertz CT molecular complexity index is 1710. The molecule has 0 radical (unpaired) electrons. The van der Waals surface area contributed by atoms with Gasteiger partial charge in [0, 0.05) is 49.9 Å². The molecule has 204 valence electrons. The second kappa shape index (κ2) is 11.2. The van der Waals surface area contributed by atoms with Gasteiger partial charge < -0.3 is 9.88 Å². The van der Waals surface area contributed by atoms with Gasteiger partial charge in [0.25, 0.3) is 5.91 Å². The number of sulfone groups is 1. The zero-order valence-corrected chi connectivity index (χ0v) is 22.0. The summed E-state index contributed by atoms with van der Waals surface area (Å²) in [6.45, 7) is 4.38. The molecule has 9 nitrogen and oxygen atoms in total. The number of aryl methyl sites for hydroxylation is 1. The molecular formula is C26H25F3N6O3S. The maximum atomic E-state index is 15.1. The average Bonchev–Trinajstić information content (AvgIpc) is 3.48. The van der Waals surface area contributed by atoms with Gasteiger partial charge in [0.15, 0.2) is 9.84 Å². The first kappa shape index (κ1) is 27.8. The summed E-state index contributed by atoms with van der Waals surface area (Å²) in [6, 6.07) is 6.10. The molecule has 0 saturated heterocycles. The molecule has 0 bridgehead atoms. The Labute approximate surface area is 222 Å². The summed E-state index contributed by atoms with van der Waals surface area (Å²) in [7, 11) is -2.42. The van der Waals surface area contributed by atoms with Crippen molar-refractivity contribution in [1.82, 2.24) is 19.7 Å². The predicted molar refractivity (Wildman–Crippen MR) is 142 cm³/mol. The van der Waals surface area contributed by atoms with Crippen LogP contribution >= 0.6 is 0 Å². The number of carbonyl (C=O) groups excluding carboxylic acids is 1. The number of amides is 1. The highest BCUT2D eigenvalue weighted by Gasteiger charge is 2.25. The third-order valence-electron chi connectivity index (χ3n) is 6.07. The second-order valence-corrected chi connectivity index (χ2v) is 10.8. The van der Waals surface area contributed by atoms with Crippen LogP contribution in [0.25, 0.3) is 22.0 Å². The number of nitrogens with zero attached hydrogens (tertiary/aromatic N) is 5. The van der Waals surface area contributed by atoms with Gasteiger partial charge in [-0.15, -0.1) is 0 Å². The fraction of sp³-hybridized carbons (Fsp3) is 0.231. The van der Waals surface area contributed by atoms with Crippen molar-refractivity contribution < 1.29 is 26.4 Å². The highest BCUT2D eigenvalue weighted by atomic mass is 32.2.